The zero-order chi connectivity index (χ0) is 13.9. The molecule has 1 aliphatic rings. The van der Waals surface area contributed by atoms with Crippen LogP contribution < -0.4 is 10.2 Å². The van der Waals surface area contributed by atoms with Gasteiger partial charge in [0.15, 0.2) is 0 Å². The molecule has 1 aromatic carbocycles. The monoisotopic (exact) mass is 269 g/mol. The van der Waals surface area contributed by atoms with Gasteiger partial charge in [0.25, 0.3) is 0 Å². The number of para-hydroxylation sites is 1. The van der Waals surface area contributed by atoms with E-state index < -0.39 is 0 Å². The second kappa shape index (κ2) is 5.80. The second-order valence-corrected chi connectivity index (χ2v) is 5.60. The lowest BCUT2D eigenvalue weighted by molar-refractivity contribution is 0.758. The van der Waals surface area contributed by atoms with Gasteiger partial charge in [0.05, 0.1) is 11.2 Å². The molecular formula is C17H23N3. The second-order valence-electron chi connectivity index (χ2n) is 5.60. The van der Waals surface area contributed by atoms with Crippen molar-refractivity contribution in [2.75, 3.05) is 18.5 Å². The molecule has 0 aliphatic heterocycles. The number of fused-ring (bicyclic) bond motifs is 1. The average molecular weight is 269 g/mol. The SMILES string of the molecule is CCCN(c1cc(CNC)nc2ccccc12)C1CC1. The fourth-order valence-corrected chi connectivity index (χ4v) is 2.85. The molecule has 0 bridgehead atoms. The third-order valence-electron chi connectivity index (χ3n) is 3.87. The van der Waals surface area contributed by atoms with Crippen LogP contribution in [-0.2, 0) is 6.54 Å². The first-order valence-electron chi connectivity index (χ1n) is 7.63. The van der Waals surface area contributed by atoms with Gasteiger partial charge in [0, 0.05) is 30.2 Å². The lowest BCUT2D eigenvalue weighted by Crippen LogP contribution is -2.27. The van der Waals surface area contributed by atoms with E-state index in [9.17, 15) is 0 Å². The van der Waals surface area contributed by atoms with Crippen molar-refractivity contribution < 1.29 is 0 Å². The summed E-state index contributed by atoms with van der Waals surface area (Å²) in [5, 5.41) is 4.50. The van der Waals surface area contributed by atoms with Crippen LogP contribution in [0.3, 0.4) is 0 Å². The molecule has 0 spiro atoms. The van der Waals surface area contributed by atoms with Crippen molar-refractivity contribution in [2.24, 2.45) is 0 Å². The van der Waals surface area contributed by atoms with Gasteiger partial charge in [-0.3, -0.25) is 4.98 Å². The van der Waals surface area contributed by atoms with E-state index in [-0.39, 0.29) is 0 Å². The van der Waals surface area contributed by atoms with Crippen LogP contribution in [0.15, 0.2) is 30.3 Å². The van der Waals surface area contributed by atoms with Crippen LogP contribution in [0.5, 0.6) is 0 Å². The number of aromatic nitrogens is 1. The van der Waals surface area contributed by atoms with Crippen LogP contribution in [0.4, 0.5) is 5.69 Å². The quantitative estimate of drug-likeness (QED) is 0.872. The average Bonchev–Trinajstić information content (AvgIpc) is 3.29. The Morgan fingerprint density at radius 2 is 2.10 bits per heavy atom. The van der Waals surface area contributed by atoms with E-state index in [1.807, 2.05) is 7.05 Å². The number of benzene rings is 1. The van der Waals surface area contributed by atoms with E-state index in [1.165, 1.54) is 30.3 Å². The molecule has 3 nitrogen and oxygen atoms in total. The van der Waals surface area contributed by atoms with Crippen LogP contribution in [0.2, 0.25) is 0 Å². The molecule has 0 saturated heterocycles. The molecule has 3 rings (SSSR count). The van der Waals surface area contributed by atoms with Crippen molar-refractivity contribution in [1.82, 2.24) is 10.3 Å². The number of hydrogen-bond donors (Lipinski definition) is 1. The van der Waals surface area contributed by atoms with Gasteiger partial charge >= 0.3 is 0 Å². The minimum absolute atomic E-state index is 0.739. The third kappa shape index (κ3) is 2.63. The summed E-state index contributed by atoms with van der Waals surface area (Å²) in [6.45, 7) is 4.22. The standard InChI is InChI=1S/C17H23N3/c1-3-10-20(14-8-9-14)17-11-13(12-18-2)19-16-7-5-4-6-15(16)17/h4-7,11,14,18H,3,8-10,12H2,1-2H3. The molecule has 1 aromatic heterocycles. The van der Waals surface area contributed by atoms with Crippen LogP contribution >= 0.6 is 0 Å². The van der Waals surface area contributed by atoms with Gasteiger partial charge in [-0.25, -0.2) is 0 Å². The first kappa shape index (κ1) is 13.4. The van der Waals surface area contributed by atoms with E-state index in [1.54, 1.807) is 0 Å². The number of anilines is 1. The van der Waals surface area contributed by atoms with E-state index >= 15 is 0 Å². The predicted molar refractivity (Wildman–Crippen MR) is 85.2 cm³/mol. The summed E-state index contributed by atoms with van der Waals surface area (Å²) in [7, 11) is 1.97. The van der Waals surface area contributed by atoms with Crippen LogP contribution in [-0.4, -0.2) is 24.6 Å². The molecule has 0 atom stereocenters. The highest BCUT2D eigenvalue weighted by atomic mass is 15.2. The molecule has 0 unspecified atom stereocenters. The number of pyridine rings is 1. The number of nitrogens with zero attached hydrogens (tertiary/aromatic N) is 2. The fraction of sp³-hybridized carbons (Fsp3) is 0.471. The molecule has 0 radical (unpaired) electrons. The molecular weight excluding hydrogens is 246 g/mol. The molecule has 2 aromatic rings. The smallest absolute Gasteiger partial charge is 0.0726 e. The Morgan fingerprint density at radius 3 is 2.80 bits per heavy atom. The number of nitrogens with one attached hydrogen (secondary N) is 1. The van der Waals surface area contributed by atoms with E-state index in [0.29, 0.717) is 0 Å². The van der Waals surface area contributed by atoms with Crippen molar-refractivity contribution in [2.45, 2.75) is 38.8 Å². The minimum atomic E-state index is 0.739. The third-order valence-corrected chi connectivity index (χ3v) is 3.87. The summed E-state index contributed by atoms with van der Waals surface area (Å²) in [5.74, 6) is 0. The van der Waals surface area contributed by atoms with Gasteiger partial charge in [0.1, 0.15) is 0 Å². The molecule has 0 amide bonds. The summed E-state index contributed by atoms with van der Waals surface area (Å²) in [6, 6.07) is 11.5. The molecule has 1 aliphatic carbocycles. The van der Waals surface area contributed by atoms with E-state index in [4.69, 9.17) is 4.98 Å². The summed E-state index contributed by atoms with van der Waals surface area (Å²) in [6.07, 6.45) is 3.85. The lowest BCUT2D eigenvalue weighted by atomic mass is 10.1. The van der Waals surface area contributed by atoms with Gasteiger partial charge in [0.2, 0.25) is 0 Å². The largest absolute Gasteiger partial charge is 0.368 e. The van der Waals surface area contributed by atoms with Crippen molar-refractivity contribution in [3.63, 3.8) is 0 Å². The Morgan fingerprint density at radius 1 is 1.30 bits per heavy atom. The van der Waals surface area contributed by atoms with Gasteiger partial charge in [-0.1, -0.05) is 25.1 Å². The maximum absolute atomic E-state index is 4.76. The highest BCUT2D eigenvalue weighted by molar-refractivity contribution is 5.92. The Labute approximate surface area is 121 Å². The number of rotatable bonds is 6. The topological polar surface area (TPSA) is 28.2 Å². The molecule has 1 fully saturated rings. The maximum atomic E-state index is 4.76. The normalized spacial score (nSPS) is 14.7. The van der Waals surface area contributed by atoms with Crippen molar-refractivity contribution in [1.29, 1.82) is 0 Å². The highest BCUT2D eigenvalue weighted by Gasteiger charge is 2.29. The van der Waals surface area contributed by atoms with Crippen LogP contribution in [0.25, 0.3) is 10.9 Å². The fourth-order valence-electron chi connectivity index (χ4n) is 2.85. The molecule has 106 valence electrons. The molecule has 20 heavy (non-hydrogen) atoms. The molecule has 1 saturated carbocycles. The van der Waals surface area contributed by atoms with Crippen molar-refractivity contribution in [3.05, 3.63) is 36.0 Å². The maximum Gasteiger partial charge on any atom is 0.0726 e. The Bertz CT molecular complexity index is 590. The highest BCUT2D eigenvalue weighted by Crippen LogP contribution is 2.35. The zero-order valence-corrected chi connectivity index (χ0v) is 12.4. The minimum Gasteiger partial charge on any atom is -0.368 e. The molecule has 1 N–H and O–H groups in total. The van der Waals surface area contributed by atoms with E-state index in [0.717, 1.165) is 30.3 Å². The van der Waals surface area contributed by atoms with E-state index in [2.05, 4.69) is 47.5 Å². The molecule has 1 heterocycles. The Balaban J connectivity index is 2.10. The lowest BCUT2D eigenvalue weighted by Gasteiger charge is -2.26. The first-order chi connectivity index (χ1) is 9.83. The first-order valence-corrected chi connectivity index (χ1v) is 7.63. The zero-order valence-electron chi connectivity index (χ0n) is 12.4. The van der Waals surface area contributed by atoms with Crippen LogP contribution in [0, 0.1) is 0 Å². The van der Waals surface area contributed by atoms with Crippen molar-refractivity contribution >= 4 is 16.6 Å². The molecule has 3 heteroatoms. The summed E-state index contributed by atoms with van der Waals surface area (Å²) in [5.41, 5.74) is 3.60. The summed E-state index contributed by atoms with van der Waals surface area (Å²) in [4.78, 5) is 7.35. The van der Waals surface area contributed by atoms with Gasteiger partial charge in [-0.2, -0.15) is 0 Å². The summed E-state index contributed by atoms with van der Waals surface area (Å²) < 4.78 is 0. The van der Waals surface area contributed by atoms with Crippen LogP contribution in [0.1, 0.15) is 31.9 Å². The Kier molecular flexibility index (Phi) is 3.88. The predicted octanol–water partition coefficient (Wildman–Crippen LogP) is 3.33. The van der Waals surface area contributed by atoms with Crippen molar-refractivity contribution in [3.8, 4) is 0 Å². The van der Waals surface area contributed by atoms with Gasteiger partial charge in [-0.15, -0.1) is 0 Å². The number of hydrogen-bond acceptors (Lipinski definition) is 3. The summed E-state index contributed by atoms with van der Waals surface area (Å²) >= 11 is 0. The van der Waals surface area contributed by atoms with Gasteiger partial charge < -0.3 is 10.2 Å². The Hall–Kier alpha value is -1.61. The van der Waals surface area contributed by atoms with Gasteiger partial charge in [-0.05, 0) is 38.4 Å².